The van der Waals surface area contributed by atoms with Gasteiger partial charge in [-0.2, -0.15) is 0 Å². The molecule has 0 unspecified atom stereocenters. The van der Waals surface area contributed by atoms with Gasteiger partial charge in [0.05, 0.1) is 6.26 Å². The normalized spacial score (nSPS) is 24.1. The van der Waals surface area contributed by atoms with Crippen LogP contribution in [0, 0.1) is 5.92 Å². The largest absolute Gasteiger partial charge is 0.370 e. The molecule has 1 heterocycles. The number of sulfonamides is 1. The van der Waals surface area contributed by atoms with E-state index in [4.69, 9.17) is 5.73 Å². The zero-order chi connectivity index (χ0) is 16.0. The predicted octanol–water partition coefficient (Wildman–Crippen LogP) is 1.29. The van der Waals surface area contributed by atoms with Gasteiger partial charge in [0.15, 0.2) is 5.96 Å². The lowest BCUT2D eigenvalue weighted by atomic mass is 9.98. The molecule has 2 aliphatic rings. The third kappa shape index (κ3) is 5.76. The number of piperidine rings is 1. The first-order chi connectivity index (χ1) is 10.4. The summed E-state index contributed by atoms with van der Waals surface area (Å²) in [6.07, 6.45) is 10.6. The molecule has 0 aromatic rings. The van der Waals surface area contributed by atoms with Crippen LogP contribution in [0.5, 0.6) is 0 Å². The van der Waals surface area contributed by atoms with Crippen LogP contribution in [0.3, 0.4) is 0 Å². The molecule has 0 aromatic carbocycles. The minimum atomic E-state index is -3.04. The van der Waals surface area contributed by atoms with Crippen LogP contribution in [-0.2, 0) is 10.0 Å². The molecule has 7 heteroatoms. The molecule has 1 aliphatic carbocycles. The van der Waals surface area contributed by atoms with Gasteiger partial charge in [0.25, 0.3) is 0 Å². The van der Waals surface area contributed by atoms with E-state index in [1.54, 1.807) is 4.31 Å². The highest BCUT2D eigenvalue weighted by atomic mass is 32.2. The fourth-order valence-corrected chi connectivity index (χ4v) is 4.20. The number of nitrogens with zero attached hydrogens (tertiary/aromatic N) is 2. The molecule has 6 nitrogen and oxygen atoms in total. The lowest BCUT2D eigenvalue weighted by Crippen LogP contribution is -2.41. The fraction of sp³-hybridized carbons (Fsp3) is 0.933. The first kappa shape index (κ1) is 17.5. The van der Waals surface area contributed by atoms with E-state index in [1.165, 1.54) is 44.8 Å². The van der Waals surface area contributed by atoms with Crippen molar-refractivity contribution in [3.63, 3.8) is 0 Å². The van der Waals surface area contributed by atoms with Gasteiger partial charge in [-0.3, -0.25) is 4.99 Å². The molecule has 0 aromatic heterocycles. The Morgan fingerprint density at radius 1 is 1.14 bits per heavy atom. The lowest BCUT2D eigenvalue weighted by Gasteiger charge is -2.29. The highest BCUT2D eigenvalue weighted by Gasteiger charge is 2.24. The van der Waals surface area contributed by atoms with E-state index >= 15 is 0 Å². The van der Waals surface area contributed by atoms with Crippen LogP contribution in [0.1, 0.15) is 51.4 Å². The summed E-state index contributed by atoms with van der Waals surface area (Å²) in [5, 5.41) is 3.35. The van der Waals surface area contributed by atoms with Gasteiger partial charge in [-0.15, -0.1) is 0 Å². The van der Waals surface area contributed by atoms with E-state index in [0.717, 1.165) is 12.8 Å². The van der Waals surface area contributed by atoms with Crippen LogP contribution in [0.25, 0.3) is 0 Å². The van der Waals surface area contributed by atoms with Crippen LogP contribution in [0.15, 0.2) is 4.99 Å². The molecular weight excluding hydrogens is 300 g/mol. The zero-order valence-corrected chi connectivity index (χ0v) is 14.4. The van der Waals surface area contributed by atoms with E-state index < -0.39 is 10.0 Å². The maximum atomic E-state index is 11.5. The number of hydrogen-bond donors (Lipinski definition) is 2. The molecule has 0 spiro atoms. The number of nitrogens with one attached hydrogen (secondary N) is 1. The maximum Gasteiger partial charge on any atom is 0.211 e. The van der Waals surface area contributed by atoms with Gasteiger partial charge in [-0.25, -0.2) is 12.7 Å². The van der Waals surface area contributed by atoms with E-state index in [9.17, 15) is 8.42 Å². The zero-order valence-electron chi connectivity index (χ0n) is 13.6. The molecule has 2 fully saturated rings. The third-order valence-corrected chi connectivity index (χ3v) is 6.07. The van der Waals surface area contributed by atoms with Gasteiger partial charge in [-0.05, 0) is 31.6 Å². The number of aliphatic imine (C=N–C) groups is 1. The lowest BCUT2D eigenvalue weighted by molar-refractivity contribution is 0.280. The second kappa shape index (κ2) is 8.15. The van der Waals surface area contributed by atoms with Crippen LogP contribution in [0.4, 0.5) is 0 Å². The smallest absolute Gasteiger partial charge is 0.211 e. The van der Waals surface area contributed by atoms with Crippen molar-refractivity contribution < 1.29 is 8.42 Å². The molecule has 128 valence electrons. The number of nitrogens with two attached hydrogens (primary N) is 1. The minimum absolute atomic E-state index is 0.437. The standard InChI is InChI=1S/C15H30N4O2S/c1-22(20,21)19-10-8-13(9-11-19)12-17-15(16)18-14-6-4-2-3-5-7-14/h13-14H,2-12H2,1H3,(H3,16,17,18). The molecule has 0 bridgehead atoms. The van der Waals surface area contributed by atoms with Gasteiger partial charge in [0, 0.05) is 25.7 Å². The van der Waals surface area contributed by atoms with E-state index in [2.05, 4.69) is 10.3 Å². The maximum absolute atomic E-state index is 11.5. The van der Waals surface area contributed by atoms with Gasteiger partial charge >= 0.3 is 0 Å². The van der Waals surface area contributed by atoms with E-state index in [0.29, 0.717) is 37.6 Å². The fourth-order valence-electron chi connectivity index (χ4n) is 3.33. The Kier molecular flexibility index (Phi) is 6.50. The van der Waals surface area contributed by atoms with Crippen LogP contribution in [-0.4, -0.2) is 50.6 Å². The van der Waals surface area contributed by atoms with E-state index in [-0.39, 0.29) is 0 Å². The monoisotopic (exact) mass is 330 g/mol. The summed E-state index contributed by atoms with van der Waals surface area (Å²) in [6.45, 7) is 1.91. The molecule has 2 rings (SSSR count). The summed E-state index contributed by atoms with van der Waals surface area (Å²) in [5.74, 6) is 0.991. The molecule has 0 radical (unpaired) electrons. The third-order valence-electron chi connectivity index (χ3n) is 4.77. The van der Waals surface area contributed by atoms with Crippen molar-refractivity contribution >= 4 is 16.0 Å². The van der Waals surface area contributed by atoms with Crippen molar-refractivity contribution in [3.05, 3.63) is 0 Å². The Labute approximate surface area is 134 Å². The molecule has 1 aliphatic heterocycles. The minimum Gasteiger partial charge on any atom is -0.370 e. The number of guanidine groups is 1. The molecule has 0 amide bonds. The molecule has 0 atom stereocenters. The first-order valence-electron chi connectivity index (χ1n) is 8.47. The van der Waals surface area contributed by atoms with Crippen LogP contribution >= 0.6 is 0 Å². The summed E-state index contributed by atoms with van der Waals surface area (Å²) in [4.78, 5) is 4.48. The van der Waals surface area contributed by atoms with Crippen LogP contribution < -0.4 is 11.1 Å². The van der Waals surface area contributed by atoms with Gasteiger partial charge in [-0.1, -0.05) is 25.7 Å². The van der Waals surface area contributed by atoms with Crippen molar-refractivity contribution in [1.29, 1.82) is 0 Å². The Hall–Kier alpha value is -0.820. The van der Waals surface area contributed by atoms with Crippen molar-refractivity contribution in [2.75, 3.05) is 25.9 Å². The molecular formula is C15H30N4O2S. The second-order valence-electron chi connectivity index (χ2n) is 6.66. The Balaban J connectivity index is 1.72. The first-order valence-corrected chi connectivity index (χ1v) is 10.3. The van der Waals surface area contributed by atoms with Gasteiger partial charge < -0.3 is 11.1 Å². The number of hydrogen-bond acceptors (Lipinski definition) is 3. The average Bonchev–Trinajstić information content (AvgIpc) is 2.73. The predicted molar refractivity (Wildman–Crippen MR) is 90.3 cm³/mol. The van der Waals surface area contributed by atoms with E-state index in [1.807, 2.05) is 0 Å². The average molecular weight is 330 g/mol. The molecule has 1 saturated heterocycles. The van der Waals surface area contributed by atoms with Gasteiger partial charge in [0.2, 0.25) is 10.0 Å². The summed E-state index contributed by atoms with van der Waals surface area (Å²) >= 11 is 0. The topological polar surface area (TPSA) is 87.8 Å². The van der Waals surface area contributed by atoms with Crippen molar-refractivity contribution in [2.45, 2.75) is 57.4 Å². The Morgan fingerprint density at radius 2 is 1.73 bits per heavy atom. The highest BCUT2D eigenvalue weighted by Crippen LogP contribution is 2.19. The van der Waals surface area contributed by atoms with Crippen molar-refractivity contribution in [1.82, 2.24) is 9.62 Å². The highest BCUT2D eigenvalue weighted by molar-refractivity contribution is 7.88. The second-order valence-corrected chi connectivity index (χ2v) is 8.65. The van der Waals surface area contributed by atoms with Gasteiger partial charge in [0.1, 0.15) is 0 Å². The summed E-state index contributed by atoms with van der Waals surface area (Å²) in [6, 6.07) is 0.471. The number of rotatable bonds is 4. The molecule has 1 saturated carbocycles. The summed E-state index contributed by atoms with van der Waals surface area (Å²) in [5.41, 5.74) is 6.00. The molecule has 3 N–H and O–H groups in total. The summed E-state index contributed by atoms with van der Waals surface area (Å²) < 4.78 is 24.5. The SMILES string of the molecule is CS(=O)(=O)N1CCC(CN=C(N)NC2CCCCCC2)CC1. The van der Waals surface area contributed by atoms with Crippen LogP contribution in [0.2, 0.25) is 0 Å². The Bertz CT molecular complexity index is 462. The summed E-state index contributed by atoms with van der Waals surface area (Å²) in [7, 11) is -3.04. The van der Waals surface area contributed by atoms with Crippen molar-refractivity contribution in [2.24, 2.45) is 16.6 Å². The molecule has 22 heavy (non-hydrogen) atoms. The quantitative estimate of drug-likeness (QED) is 0.462. The van der Waals surface area contributed by atoms with Crippen molar-refractivity contribution in [3.8, 4) is 0 Å². The Morgan fingerprint density at radius 3 is 2.27 bits per heavy atom.